The molecule has 5 rings (SSSR count). The van der Waals surface area contributed by atoms with Gasteiger partial charge in [-0.3, -0.25) is 9.80 Å². The zero-order chi connectivity index (χ0) is 26.2. The lowest BCUT2D eigenvalue weighted by molar-refractivity contribution is -0.159. The molecule has 2 aliphatic heterocycles. The Kier molecular flexibility index (Phi) is 9.19. The normalized spacial score (nSPS) is 16.1. The number of hydrogen-bond donors (Lipinski definition) is 3. The van der Waals surface area contributed by atoms with Crippen molar-refractivity contribution in [3.8, 4) is 0 Å². The van der Waals surface area contributed by atoms with Gasteiger partial charge in [0.1, 0.15) is 0 Å². The van der Waals surface area contributed by atoms with Crippen molar-refractivity contribution < 1.29 is 24.9 Å². The Hall–Kier alpha value is -3.37. The number of hydrogen-bond acceptors (Lipinski definition) is 7. The number of para-hydroxylation sites is 2. The van der Waals surface area contributed by atoms with Crippen LogP contribution in [0.5, 0.6) is 0 Å². The lowest BCUT2D eigenvalue weighted by atomic mass is 10.1. The number of anilines is 2. The number of fused-ring (bicyclic) bond motifs is 2. The van der Waals surface area contributed by atoms with Gasteiger partial charge in [-0.2, -0.15) is 0 Å². The molecule has 2 aliphatic rings. The van der Waals surface area contributed by atoms with Crippen molar-refractivity contribution in [1.29, 1.82) is 0 Å². The summed E-state index contributed by atoms with van der Waals surface area (Å²) in [7, 11) is 0. The van der Waals surface area contributed by atoms with E-state index < -0.39 is 18.0 Å². The maximum absolute atomic E-state index is 11.0. The molecular formula is C28H31N3O5S. The first kappa shape index (κ1) is 26.7. The van der Waals surface area contributed by atoms with Gasteiger partial charge in [0.15, 0.2) is 0 Å². The maximum atomic E-state index is 11.0. The van der Waals surface area contributed by atoms with E-state index in [0.29, 0.717) is 13.1 Å². The Labute approximate surface area is 220 Å². The summed E-state index contributed by atoms with van der Waals surface area (Å²) in [5, 5.41) is 25.8. The third-order valence-electron chi connectivity index (χ3n) is 6.29. The van der Waals surface area contributed by atoms with Gasteiger partial charge in [-0.25, -0.2) is 9.59 Å². The number of nitrogens with zero attached hydrogens (tertiary/aromatic N) is 3. The molecule has 0 radical (unpaired) electrons. The Morgan fingerprint density at radius 3 is 1.73 bits per heavy atom. The summed E-state index contributed by atoms with van der Waals surface area (Å²) < 4.78 is 0. The number of piperazine rings is 1. The number of carbonyl (C=O) groups is 2. The van der Waals surface area contributed by atoms with Gasteiger partial charge < -0.3 is 20.2 Å². The first-order valence-electron chi connectivity index (χ1n) is 12.2. The van der Waals surface area contributed by atoms with Crippen molar-refractivity contribution in [3.05, 3.63) is 84.4 Å². The third kappa shape index (κ3) is 7.33. The van der Waals surface area contributed by atoms with Crippen LogP contribution in [0, 0.1) is 0 Å². The molecule has 1 unspecified atom stereocenters. The number of aliphatic hydroxyl groups is 1. The number of carboxylic acid groups (broad SMARTS) is 2. The number of rotatable bonds is 6. The highest BCUT2D eigenvalue weighted by molar-refractivity contribution is 7.99. The fraction of sp³-hybridized carbons (Fsp3) is 0.286. The predicted octanol–water partition coefficient (Wildman–Crippen LogP) is 3.62. The standard InChI is InChI=1S/C26H29N3OS.C2H2O4/c30-22(19-28-16-14-27(15-17-28)18-21-8-2-1-3-9-21)20-29-23-10-4-6-12-25(23)31-26-13-7-5-11-24(26)29;3-1(4)2(5)6/h1-13,22,30H,14-20H2;(H,3,4)(H,5,6). The lowest BCUT2D eigenvalue weighted by Gasteiger charge is -2.38. The minimum Gasteiger partial charge on any atom is -0.473 e. The fourth-order valence-corrected chi connectivity index (χ4v) is 5.61. The second kappa shape index (κ2) is 12.7. The first-order chi connectivity index (χ1) is 17.9. The van der Waals surface area contributed by atoms with Crippen LogP contribution in [0.15, 0.2) is 88.7 Å². The minimum atomic E-state index is -1.82. The van der Waals surface area contributed by atoms with E-state index in [1.807, 2.05) is 11.8 Å². The van der Waals surface area contributed by atoms with Crippen molar-refractivity contribution in [2.24, 2.45) is 0 Å². The van der Waals surface area contributed by atoms with Gasteiger partial charge in [0.05, 0.1) is 24.0 Å². The summed E-state index contributed by atoms with van der Waals surface area (Å²) >= 11 is 1.81. The molecule has 3 aromatic carbocycles. The third-order valence-corrected chi connectivity index (χ3v) is 7.42. The molecule has 2 heterocycles. The van der Waals surface area contributed by atoms with E-state index in [0.717, 1.165) is 32.7 Å². The summed E-state index contributed by atoms with van der Waals surface area (Å²) in [5.74, 6) is -3.65. The molecule has 0 spiro atoms. The Morgan fingerprint density at radius 2 is 1.19 bits per heavy atom. The SMILES string of the molecule is O=C(O)C(=O)O.OC(CN1CCN(Cc2ccccc2)CC1)CN1c2ccccc2Sc2ccccc21. The van der Waals surface area contributed by atoms with Gasteiger partial charge in [-0.1, -0.05) is 66.4 Å². The van der Waals surface area contributed by atoms with Crippen molar-refractivity contribution >= 4 is 35.1 Å². The molecule has 1 saturated heterocycles. The summed E-state index contributed by atoms with van der Waals surface area (Å²) in [6.07, 6.45) is -0.398. The van der Waals surface area contributed by atoms with Crippen molar-refractivity contribution in [2.75, 3.05) is 44.2 Å². The van der Waals surface area contributed by atoms with Gasteiger partial charge >= 0.3 is 11.9 Å². The van der Waals surface area contributed by atoms with Crippen molar-refractivity contribution in [2.45, 2.75) is 22.4 Å². The van der Waals surface area contributed by atoms with Crippen LogP contribution >= 0.6 is 11.8 Å². The van der Waals surface area contributed by atoms with Gasteiger partial charge in [-0.05, 0) is 29.8 Å². The molecule has 0 amide bonds. The van der Waals surface area contributed by atoms with E-state index in [2.05, 4.69) is 93.6 Å². The quantitative estimate of drug-likeness (QED) is 0.420. The zero-order valence-corrected chi connectivity index (χ0v) is 21.3. The average molecular weight is 522 g/mol. The molecule has 0 aromatic heterocycles. The Bertz CT molecular complexity index is 1140. The van der Waals surface area contributed by atoms with E-state index in [9.17, 15) is 5.11 Å². The largest absolute Gasteiger partial charge is 0.473 e. The topological polar surface area (TPSA) is 105 Å². The van der Waals surface area contributed by atoms with Crippen molar-refractivity contribution in [1.82, 2.24) is 9.80 Å². The highest BCUT2D eigenvalue weighted by Gasteiger charge is 2.26. The number of aliphatic hydroxyl groups excluding tert-OH is 1. The zero-order valence-electron chi connectivity index (χ0n) is 20.4. The molecule has 0 bridgehead atoms. The maximum Gasteiger partial charge on any atom is 0.414 e. The number of β-amino-alcohol motifs (C(OH)–C–C–N with tert-alkyl or cyclic N) is 1. The molecule has 8 nitrogen and oxygen atoms in total. The van der Waals surface area contributed by atoms with Crippen LogP contribution in [0.4, 0.5) is 11.4 Å². The molecule has 1 atom stereocenters. The van der Waals surface area contributed by atoms with Crippen LogP contribution in [-0.2, 0) is 16.1 Å². The van der Waals surface area contributed by atoms with Gasteiger partial charge in [0.2, 0.25) is 0 Å². The summed E-state index contributed by atoms with van der Waals surface area (Å²) in [5.41, 5.74) is 3.76. The van der Waals surface area contributed by atoms with E-state index in [1.54, 1.807) is 0 Å². The highest BCUT2D eigenvalue weighted by Crippen LogP contribution is 2.47. The Morgan fingerprint density at radius 1 is 0.703 bits per heavy atom. The van der Waals surface area contributed by atoms with Crippen LogP contribution in [-0.4, -0.2) is 82.4 Å². The molecular weight excluding hydrogens is 490 g/mol. The van der Waals surface area contributed by atoms with E-state index in [1.165, 1.54) is 26.7 Å². The minimum absolute atomic E-state index is 0.398. The second-order valence-electron chi connectivity index (χ2n) is 8.97. The van der Waals surface area contributed by atoms with Gasteiger partial charge in [0.25, 0.3) is 0 Å². The van der Waals surface area contributed by atoms with Crippen LogP contribution in [0.2, 0.25) is 0 Å². The van der Waals surface area contributed by atoms with Gasteiger partial charge in [0, 0.05) is 49.1 Å². The van der Waals surface area contributed by atoms with E-state index in [4.69, 9.17) is 19.8 Å². The number of benzene rings is 3. The molecule has 3 aromatic rings. The summed E-state index contributed by atoms with van der Waals surface area (Å²) in [6, 6.07) is 27.7. The second-order valence-corrected chi connectivity index (χ2v) is 10.1. The highest BCUT2D eigenvalue weighted by atomic mass is 32.2. The molecule has 37 heavy (non-hydrogen) atoms. The molecule has 3 N–H and O–H groups in total. The van der Waals surface area contributed by atoms with E-state index >= 15 is 0 Å². The van der Waals surface area contributed by atoms with Crippen LogP contribution in [0.3, 0.4) is 0 Å². The first-order valence-corrected chi connectivity index (χ1v) is 13.0. The molecule has 9 heteroatoms. The number of carboxylic acids is 2. The smallest absolute Gasteiger partial charge is 0.414 e. The van der Waals surface area contributed by atoms with Crippen LogP contribution < -0.4 is 4.90 Å². The lowest BCUT2D eigenvalue weighted by Crippen LogP contribution is -2.49. The average Bonchev–Trinajstić information content (AvgIpc) is 2.90. The number of aliphatic carboxylic acids is 2. The predicted molar refractivity (Wildman–Crippen MR) is 143 cm³/mol. The fourth-order valence-electron chi connectivity index (χ4n) is 4.52. The Balaban J connectivity index is 0.000000480. The van der Waals surface area contributed by atoms with Crippen LogP contribution in [0.1, 0.15) is 5.56 Å². The molecule has 1 fully saturated rings. The van der Waals surface area contributed by atoms with Crippen LogP contribution in [0.25, 0.3) is 0 Å². The molecule has 194 valence electrons. The van der Waals surface area contributed by atoms with Crippen molar-refractivity contribution in [3.63, 3.8) is 0 Å². The monoisotopic (exact) mass is 521 g/mol. The van der Waals surface area contributed by atoms with Gasteiger partial charge in [-0.15, -0.1) is 0 Å². The summed E-state index contributed by atoms with van der Waals surface area (Å²) in [6.45, 7) is 6.45. The summed E-state index contributed by atoms with van der Waals surface area (Å²) in [4.78, 5) is 27.9. The molecule has 0 aliphatic carbocycles. The van der Waals surface area contributed by atoms with E-state index in [-0.39, 0.29) is 0 Å². The molecule has 0 saturated carbocycles.